The van der Waals surface area contributed by atoms with Gasteiger partial charge in [-0.3, -0.25) is 0 Å². The van der Waals surface area contributed by atoms with Gasteiger partial charge in [0.2, 0.25) is 5.95 Å². The number of nitrogens with zero attached hydrogens (tertiary/aromatic N) is 5. The fourth-order valence-electron chi connectivity index (χ4n) is 0.949. The highest BCUT2D eigenvalue weighted by molar-refractivity contribution is 7.09. The van der Waals surface area contributed by atoms with Gasteiger partial charge in [0.15, 0.2) is 0 Å². The van der Waals surface area contributed by atoms with E-state index in [9.17, 15) is 0 Å². The lowest BCUT2D eigenvalue weighted by molar-refractivity contribution is 0.594. The minimum atomic E-state index is 0.344. The van der Waals surface area contributed by atoms with Crippen LogP contribution in [0.3, 0.4) is 0 Å². The molecule has 0 atom stereocenters. The largest absolute Gasteiger partial charge is 0.367 e. The van der Waals surface area contributed by atoms with E-state index in [1.54, 1.807) is 22.2 Å². The molecule has 0 aromatic carbocycles. The third-order valence-corrected chi connectivity index (χ3v) is 2.42. The molecule has 0 aliphatic rings. The summed E-state index contributed by atoms with van der Waals surface area (Å²) in [5.74, 6) is 0.344. The molecule has 2 rings (SSSR count). The van der Waals surface area contributed by atoms with Crippen molar-refractivity contribution >= 4 is 17.3 Å². The Morgan fingerprint density at radius 2 is 2.46 bits per heavy atom. The van der Waals surface area contributed by atoms with Gasteiger partial charge in [-0.15, -0.1) is 11.3 Å². The van der Waals surface area contributed by atoms with Gasteiger partial charge in [-0.1, -0.05) is 5.10 Å². The lowest BCUT2D eigenvalue weighted by Crippen LogP contribution is -2.07. The Hall–Kier alpha value is -1.50. The lowest BCUT2D eigenvalue weighted by atomic mass is 10.4. The zero-order chi connectivity index (χ0) is 9.10. The number of tetrazole rings is 1. The first-order valence-electron chi connectivity index (χ1n) is 3.76. The normalized spacial score (nSPS) is 10.5. The Labute approximate surface area is 78.4 Å². The van der Waals surface area contributed by atoms with Crippen LogP contribution in [0.2, 0.25) is 0 Å². The van der Waals surface area contributed by atoms with Gasteiger partial charge in [-0.2, -0.15) is 0 Å². The summed E-state index contributed by atoms with van der Waals surface area (Å²) < 4.78 is 1.56. The minimum absolute atomic E-state index is 0.344. The Morgan fingerprint density at radius 3 is 3.08 bits per heavy atom. The molecule has 2 aromatic heterocycles. The van der Waals surface area contributed by atoms with Gasteiger partial charge in [0.1, 0.15) is 0 Å². The zero-order valence-electron chi connectivity index (χ0n) is 6.79. The second-order valence-electron chi connectivity index (χ2n) is 2.44. The molecule has 0 fully saturated rings. The third-order valence-electron chi connectivity index (χ3n) is 1.58. The molecule has 0 aliphatic carbocycles. The number of nitrogens with two attached hydrogens (primary N) is 1. The summed E-state index contributed by atoms with van der Waals surface area (Å²) in [6, 6.07) is 0. The van der Waals surface area contributed by atoms with Crippen molar-refractivity contribution in [1.82, 2.24) is 25.2 Å². The molecular weight excluding hydrogens is 188 g/mol. The Bertz CT molecular complexity index is 366. The fraction of sp³-hybridized carbons (Fsp3) is 0.333. The molecule has 0 radical (unpaired) electrons. The molecule has 0 saturated carbocycles. The molecule has 13 heavy (non-hydrogen) atoms. The quantitative estimate of drug-likeness (QED) is 0.744. The van der Waals surface area contributed by atoms with Crippen LogP contribution in [-0.2, 0) is 13.0 Å². The predicted molar refractivity (Wildman–Crippen MR) is 48.0 cm³/mol. The van der Waals surface area contributed by atoms with Crippen LogP contribution in [0.15, 0.2) is 11.6 Å². The molecule has 0 amide bonds. The molecule has 6 nitrogen and oxygen atoms in total. The number of aryl methyl sites for hydroxylation is 2. The predicted octanol–water partition coefficient (Wildman–Crippen LogP) is -0.0455. The number of nitrogen functional groups attached to an aromatic ring is 1. The molecule has 2 aromatic rings. The van der Waals surface area contributed by atoms with Crippen molar-refractivity contribution in [3.8, 4) is 0 Å². The number of rotatable bonds is 3. The Kier molecular flexibility index (Phi) is 2.17. The molecule has 0 spiro atoms. The number of hydrogen-bond acceptors (Lipinski definition) is 6. The van der Waals surface area contributed by atoms with Gasteiger partial charge < -0.3 is 5.73 Å². The molecule has 0 bridgehead atoms. The number of anilines is 1. The first kappa shape index (κ1) is 8.11. The van der Waals surface area contributed by atoms with Crippen molar-refractivity contribution < 1.29 is 0 Å². The van der Waals surface area contributed by atoms with Crippen LogP contribution in [0.1, 0.15) is 5.01 Å². The van der Waals surface area contributed by atoms with E-state index >= 15 is 0 Å². The van der Waals surface area contributed by atoms with Gasteiger partial charge in [0.05, 0.1) is 11.6 Å². The maximum Gasteiger partial charge on any atom is 0.240 e. The van der Waals surface area contributed by atoms with Crippen LogP contribution in [-0.4, -0.2) is 25.2 Å². The number of hydrogen-bond donors (Lipinski definition) is 1. The highest BCUT2D eigenvalue weighted by Gasteiger charge is 2.01. The van der Waals surface area contributed by atoms with Crippen LogP contribution < -0.4 is 5.73 Å². The van der Waals surface area contributed by atoms with E-state index in [0.29, 0.717) is 12.5 Å². The van der Waals surface area contributed by atoms with E-state index < -0.39 is 0 Å². The van der Waals surface area contributed by atoms with E-state index in [1.165, 1.54) is 0 Å². The van der Waals surface area contributed by atoms with Crippen molar-refractivity contribution in [2.75, 3.05) is 5.73 Å². The molecule has 0 saturated heterocycles. The van der Waals surface area contributed by atoms with Gasteiger partial charge in [0.25, 0.3) is 0 Å². The monoisotopic (exact) mass is 196 g/mol. The molecule has 68 valence electrons. The number of thiazole rings is 1. The molecule has 0 aliphatic heterocycles. The maximum absolute atomic E-state index is 5.49. The highest BCUT2D eigenvalue weighted by atomic mass is 32.1. The van der Waals surface area contributed by atoms with Crippen molar-refractivity contribution in [2.24, 2.45) is 0 Å². The van der Waals surface area contributed by atoms with Crippen LogP contribution in [0, 0.1) is 0 Å². The molecule has 7 heteroatoms. The van der Waals surface area contributed by atoms with Crippen molar-refractivity contribution in [1.29, 1.82) is 0 Å². The smallest absolute Gasteiger partial charge is 0.240 e. The van der Waals surface area contributed by atoms with Crippen LogP contribution in [0.25, 0.3) is 0 Å². The standard InChI is InChI=1S/C6H8N6S/c7-6-9-10-11-12(6)3-1-5-8-2-4-13-5/h2,4H,1,3H2,(H2,7,9,11). The fourth-order valence-corrected chi connectivity index (χ4v) is 1.56. The van der Waals surface area contributed by atoms with Gasteiger partial charge in [-0.05, 0) is 10.4 Å². The molecule has 2 N–H and O–H groups in total. The van der Waals surface area contributed by atoms with E-state index in [2.05, 4.69) is 20.5 Å². The van der Waals surface area contributed by atoms with E-state index in [0.717, 1.165) is 11.4 Å². The summed E-state index contributed by atoms with van der Waals surface area (Å²) in [4.78, 5) is 4.14. The molecular formula is C6H8N6S. The van der Waals surface area contributed by atoms with Gasteiger partial charge in [-0.25, -0.2) is 9.67 Å². The summed E-state index contributed by atoms with van der Waals surface area (Å²) in [6.07, 6.45) is 2.59. The minimum Gasteiger partial charge on any atom is -0.367 e. The molecule has 2 heterocycles. The third kappa shape index (κ3) is 1.81. The van der Waals surface area contributed by atoms with Crippen LogP contribution in [0.4, 0.5) is 5.95 Å². The van der Waals surface area contributed by atoms with E-state index in [-0.39, 0.29) is 0 Å². The average Bonchev–Trinajstić information content (AvgIpc) is 2.72. The zero-order valence-corrected chi connectivity index (χ0v) is 7.61. The van der Waals surface area contributed by atoms with Gasteiger partial charge in [0, 0.05) is 18.0 Å². The average molecular weight is 196 g/mol. The first-order chi connectivity index (χ1) is 6.36. The highest BCUT2D eigenvalue weighted by Crippen LogP contribution is 2.06. The van der Waals surface area contributed by atoms with E-state index in [4.69, 9.17) is 5.73 Å². The first-order valence-corrected chi connectivity index (χ1v) is 4.64. The van der Waals surface area contributed by atoms with Crippen LogP contribution in [0.5, 0.6) is 0 Å². The summed E-state index contributed by atoms with van der Waals surface area (Å²) in [5.41, 5.74) is 5.49. The number of aromatic nitrogens is 5. The second-order valence-corrected chi connectivity index (χ2v) is 3.42. The molecule has 0 unspecified atom stereocenters. The maximum atomic E-state index is 5.49. The summed E-state index contributed by atoms with van der Waals surface area (Å²) in [5, 5.41) is 13.8. The summed E-state index contributed by atoms with van der Waals surface area (Å²) >= 11 is 1.62. The Balaban J connectivity index is 1.97. The van der Waals surface area contributed by atoms with Crippen molar-refractivity contribution in [3.63, 3.8) is 0 Å². The lowest BCUT2D eigenvalue weighted by Gasteiger charge is -1.97. The topological polar surface area (TPSA) is 82.5 Å². The van der Waals surface area contributed by atoms with Gasteiger partial charge >= 0.3 is 0 Å². The SMILES string of the molecule is Nc1nnnn1CCc1nccs1. The van der Waals surface area contributed by atoms with Crippen LogP contribution >= 0.6 is 11.3 Å². The van der Waals surface area contributed by atoms with E-state index in [1.807, 2.05) is 5.38 Å². The summed E-state index contributed by atoms with van der Waals surface area (Å²) in [7, 11) is 0. The second kappa shape index (κ2) is 3.48. The van der Waals surface area contributed by atoms with Crippen molar-refractivity contribution in [3.05, 3.63) is 16.6 Å². The van der Waals surface area contributed by atoms with Crippen molar-refractivity contribution in [2.45, 2.75) is 13.0 Å². The Morgan fingerprint density at radius 1 is 1.54 bits per heavy atom. The summed E-state index contributed by atoms with van der Waals surface area (Å²) in [6.45, 7) is 0.673.